The number of hydrogen-bond donors (Lipinski definition) is 3. The number of carbonyl (C=O) groups excluding carboxylic acids is 1. The van der Waals surface area contributed by atoms with Gasteiger partial charge in [0, 0.05) is 29.9 Å². The summed E-state index contributed by atoms with van der Waals surface area (Å²) in [5, 5.41) is 10.9. The minimum atomic E-state index is -0.629. The van der Waals surface area contributed by atoms with Crippen LogP contribution in [0.25, 0.3) is 16.7 Å². The van der Waals surface area contributed by atoms with E-state index in [0.29, 0.717) is 23.0 Å². The zero-order valence-corrected chi connectivity index (χ0v) is 21.0. The Morgan fingerprint density at radius 3 is 2.57 bits per heavy atom. The van der Waals surface area contributed by atoms with E-state index < -0.39 is 11.8 Å². The van der Waals surface area contributed by atoms with E-state index in [9.17, 15) is 9.18 Å². The van der Waals surface area contributed by atoms with Crippen LogP contribution in [0.15, 0.2) is 73.1 Å². The molecule has 0 saturated heterocycles. The van der Waals surface area contributed by atoms with Gasteiger partial charge in [-0.1, -0.05) is 39.0 Å². The number of fused-ring (bicyclic) bond motifs is 1. The molecule has 37 heavy (non-hydrogen) atoms. The Bertz CT molecular complexity index is 1580. The van der Waals surface area contributed by atoms with Gasteiger partial charge in [0.1, 0.15) is 28.8 Å². The summed E-state index contributed by atoms with van der Waals surface area (Å²) in [4.78, 5) is 20.2. The number of aryl methyl sites for hydroxylation is 1. The molecule has 3 heterocycles. The average Bonchev–Trinajstić information content (AvgIpc) is 3.46. The number of nitrogens with one attached hydrogen (secondary N) is 3. The first kappa shape index (κ1) is 24.1. The summed E-state index contributed by atoms with van der Waals surface area (Å²) in [6.07, 6.45) is 3.46. The zero-order valence-electron chi connectivity index (χ0n) is 21.0. The van der Waals surface area contributed by atoms with Crippen LogP contribution in [0.5, 0.6) is 11.5 Å². The number of carbonyl (C=O) groups is 1. The van der Waals surface area contributed by atoms with Gasteiger partial charge in [0.2, 0.25) is 0 Å². The van der Waals surface area contributed by atoms with Crippen LogP contribution in [-0.2, 0) is 5.41 Å². The molecule has 5 rings (SSSR count). The van der Waals surface area contributed by atoms with Crippen molar-refractivity contribution in [1.29, 1.82) is 0 Å². The number of rotatable bonds is 5. The number of benzene rings is 2. The van der Waals surface area contributed by atoms with E-state index in [-0.39, 0.29) is 11.1 Å². The van der Waals surface area contributed by atoms with Gasteiger partial charge in [-0.05, 0) is 42.8 Å². The van der Waals surface area contributed by atoms with E-state index in [1.807, 2.05) is 70.3 Å². The number of halogens is 1. The lowest BCUT2D eigenvalue weighted by Gasteiger charge is -2.14. The Hall–Kier alpha value is -4.66. The lowest BCUT2D eigenvalue weighted by molar-refractivity contribution is 0.262. The maximum Gasteiger partial charge on any atom is 0.324 e. The van der Waals surface area contributed by atoms with Crippen molar-refractivity contribution in [2.45, 2.75) is 33.1 Å². The Morgan fingerprint density at radius 2 is 1.84 bits per heavy atom. The predicted octanol–water partition coefficient (Wildman–Crippen LogP) is 6.93. The van der Waals surface area contributed by atoms with Crippen LogP contribution in [0.3, 0.4) is 0 Å². The van der Waals surface area contributed by atoms with Gasteiger partial charge in [0.15, 0.2) is 0 Å². The van der Waals surface area contributed by atoms with Gasteiger partial charge >= 0.3 is 6.03 Å². The molecular weight excluding hydrogens is 471 g/mol. The SMILES string of the molecule is Cc1c[nH]c2nccc(Oc3ccc(NC(=O)Nc4cc(C(C)(C)C)nn4-c4ccccc4)c(F)c3)c12. The van der Waals surface area contributed by atoms with Crippen molar-refractivity contribution < 1.29 is 13.9 Å². The molecule has 2 aromatic carbocycles. The molecule has 0 aliphatic rings. The number of H-pyrrole nitrogens is 1. The molecule has 0 radical (unpaired) electrons. The minimum absolute atomic E-state index is 0.0179. The molecular formula is C28H27FN6O2. The van der Waals surface area contributed by atoms with Crippen LogP contribution < -0.4 is 15.4 Å². The monoisotopic (exact) mass is 498 g/mol. The molecule has 0 aliphatic carbocycles. The number of urea groups is 1. The van der Waals surface area contributed by atoms with Crippen LogP contribution in [0.1, 0.15) is 32.0 Å². The molecule has 3 aromatic heterocycles. The summed E-state index contributed by atoms with van der Waals surface area (Å²) < 4.78 is 22.5. The first-order valence-electron chi connectivity index (χ1n) is 11.8. The van der Waals surface area contributed by atoms with Gasteiger partial charge in [-0.25, -0.2) is 18.9 Å². The van der Waals surface area contributed by atoms with Crippen molar-refractivity contribution in [1.82, 2.24) is 19.7 Å². The zero-order chi connectivity index (χ0) is 26.2. The molecule has 0 bridgehead atoms. The topological polar surface area (TPSA) is 96.9 Å². The van der Waals surface area contributed by atoms with Crippen LogP contribution >= 0.6 is 0 Å². The first-order valence-corrected chi connectivity index (χ1v) is 11.8. The van der Waals surface area contributed by atoms with E-state index in [0.717, 1.165) is 22.3 Å². The molecule has 0 unspecified atom stereocenters. The van der Waals surface area contributed by atoms with Gasteiger partial charge in [0.05, 0.1) is 22.5 Å². The van der Waals surface area contributed by atoms with Gasteiger partial charge in [-0.3, -0.25) is 5.32 Å². The normalized spacial score (nSPS) is 11.5. The quantitative estimate of drug-likeness (QED) is 0.245. The molecule has 0 fully saturated rings. The fourth-order valence-corrected chi connectivity index (χ4v) is 3.93. The molecule has 8 nitrogen and oxygen atoms in total. The second-order valence-corrected chi connectivity index (χ2v) is 9.74. The highest BCUT2D eigenvalue weighted by Gasteiger charge is 2.22. The van der Waals surface area contributed by atoms with Crippen molar-refractivity contribution in [3.8, 4) is 17.2 Å². The number of nitrogens with zero attached hydrogens (tertiary/aromatic N) is 3. The molecule has 188 valence electrons. The number of anilines is 2. The highest BCUT2D eigenvalue weighted by atomic mass is 19.1. The third-order valence-electron chi connectivity index (χ3n) is 5.87. The van der Waals surface area contributed by atoms with Crippen molar-refractivity contribution in [3.05, 3.63) is 90.1 Å². The van der Waals surface area contributed by atoms with Crippen molar-refractivity contribution in [3.63, 3.8) is 0 Å². The second kappa shape index (κ2) is 9.42. The third-order valence-corrected chi connectivity index (χ3v) is 5.87. The minimum Gasteiger partial charge on any atom is -0.456 e. The van der Waals surface area contributed by atoms with Gasteiger partial charge in [-0.15, -0.1) is 0 Å². The standard InChI is InChI=1S/C28H27FN6O2/c1-17-16-31-26-25(17)22(12-13-30-26)37-19-10-11-21(20(29)14-19)32-27(36)33-24-15-23(28(2,3)4)34-35(24)18-8-6-5-7-9-18/h5-16H,1-4H3,(H,30,31)(H2,32,33,36). The summed E-state index contributed by atoms with van der Waals surface area (Å²) in [6, 6.07) is 16.7. The van der Waals surface area contributed by atoms with Crippen LogP contribution in [-0.4, -0.2) is 25.8 Å². The Labute approximate surface area is 213 Å². The number of pyridine rings is 1. The molecule has 0 spiro atoms. The molecule has 0 aliphatic heterocycles. The lowest BCUT2D eigenvalue weighted by atomic mass is 9.92. The van der Waals surface area contributed by atoms with Crippen molar-refractivity contribution in [2.75, 3.05) is 10.6 Å². The maximum absolute atomic E-state index is 14.9. The number of ether oxygens (including phenoxy) is 1. The molecule has 3 N–H and O–H groups in total. The number of amides is 2. The van der Waals surface area contributed by atoms with E-state index in [1.165, 1.54) is 12.1 Å². The number of para-hydroxylation sites is 1. The summed E-state index contributed by atoms with van der Waals surface area (Å²) in [7, 11) is 0. The Morgan fingerprint density at radius 1 is 1.05 bits per heavy atom. The van der Waals surface area contributed by atoms with Gasteiger partial charge in [0.25, 0.3) is 0 Å². The number of hydrogen-bond acceptors (Lipinski definition) is 4. The highest BCUT2D eigenvalue weighted by Crippen LogP contribution is 2.32. The van der Waals surface area contributed by atoms with Crippen molar-refractivity contribution >= 4 is 28.6 Å². The Kier molecular flexibility index (Phi) is 6.12. The summed E-state index contributed by atoms with van der Waals surface area (Å²) >= 11 is 0. The van der Waals surface area contributed by atoms with Crippen LogP contribution in [0.4, 0.5) is 20.7 Å². The summed E-state index contributed by atoms with van der Waals surface area (Å²) in [6.45, 7) is 8.07. The van der Waals surface area contributed by atoms with E-state index in [2.05, 4.69) is 25.7 Å². The van der Waals surface area contributed by atoms with Crippen molar-refractivity contribution in [2.24, 2.45) is 0 Å². The highest BCUT2D eigenvalue weighted by molar-refractivity contribution is 5.99. The molecule has 9 heteroatoms. The predicted molar refractivity (Wildman–Crippen MR) is 142 cm³/mol. The smallest absolute Gasteiger partial charge is 0.324 e. The first-order chi connectivity index (χ1) is 17.7. The summed E-state index contributed by atoms with van der Waals surface area (Å²) in [5.41, 5.74) is 3.05. The fourth-order valence-electron chi connectivity index (χ4n) is 3.93. The number of aromatic nitrogens is 4. The molecule has 0 saturated carbocycles. The lowest BCUT2D eigenvalue weighted by Crippen LogP contribution is -2.21. The number of aromatic amines is 1. The van der Waals surface area contributed by atoms with E-state index in [1.54, 1.807) is 23.0 Å². The van der Waals surface area contributed by atoms with E-state index >= 15 is 0 Å². The van der Waals surface area contributed by atoms with E-state index in [4.69, 9.17) is 4.74 Å². The molecule has 2 amide bonds. The van der Waals surface area contributed by atoms with Crippen LogP contribution in [0, 0.1) is 12.7 Å². The van der Waals surface area contributed by atoms with Gasteiger partial charge < -0.3 is 15.0 Å². The Balaban J connectivity index is 1.34. The second-order valence-electron chi connectivity index (χ2n) is 9.74. The largest absolute Gasteiger partial charge is 0.456 e. The summed E-state index contributed by atoms with van der Waals surface area (Å²) in [5.74, 6) is 0.701. The average molecular weight is 499 g/mol. The fraction of sp³-hybridized carbons (Fsp3) is 0.179. The third kappa shape index (κ3) is 5.02. The van der Waals surface area contributed by atoms with Crippen LogP contribution in [0.2, 0.25) is 0 Å². The van der Waals surface area contributed by atoms with Gasteiger partial charge in [-0.2, -0.15) is 5.10 Å². The maximum atomic E-state index is 14.9. The molecule has 5 aromatic rings. The molecule has 0 atom stereocenters.